The summed E-state index contributed by atoms with van der Waals surface area (Å²) in [6, 6.07) is 15.0. The van der Waals surface area contributed by atoms with E-state index in [1.54, 1.807) is 30.0 Å². The van der Waals surface area contributed by atoms with Gasteiger partial charge in [0.1, 0.15) is 11.6 Å². The van der Waals surface area contributed by atoms with Crippen molar-refractivity contribution in [1.29, 1.82) is 5.26 Å². The Labute approximate surface area is 150 Å². The number of rotatable bonds is 7. The largest absolute Gasteiger partial charge is 0.504 e. The molecule has 0 saturated carbocycles. The number of ether oxygens (including phenoxy) is 1. The average molecular weight is 354 g/mol. The molecule has 0 saturated heterocycles. The van der Waals surface area contributed by atoms with E-state index < -0.39 is 5.91 Å². The highest BCUT2D eigenvalue weighted by Crippen LogP contribution is 2.35. The zero-order valence-corrected chi connectivity index (χ0v) is 14.5. The molecule has 0 aliphatic heterocycles. The first-order valence-electron chi connectivity index (χ1n) is 7.48. The average Bonchev–Trinajstić information content (AvgIpc) is 2.62. The normalized spacial score (nSPS) is 11.0. The predicted octanol–water partition coefficient (Wildman–Crippen LogP) is 3.23. The summed E-state index contributed by atoms with van der Waals surface area (Å²) >= 11 is 1.64. The molecule has 2 aromatic carbocycles. The molecule has 2 aromatic rings. The molecule has 2 rings (SSSR count). The van der Waals surface area contributed by atoms with E-state index in [2.05, 4.69) is 0 Å². The molecule has 128 valence electrons. The Morgan fingerprint density at radius 3 is 2.64 bits per heavy atom. The number of nitrogens with zero attached hydrogens (tertiary/aromatic N) is 1. The molecule has 0 atom stereocenters. The van der Waals surface area contributed by atoms with E-state index >= 15 is 0 Å². The molecule has 0 spiro atoms. The number of carbonyl (C=O) groups is 1. The number of nitrogens with two attached hydrogens (primary N) is 1. The van der Waals surface area contributed by atoms with Gasteiger partial charge in [0.25, 0.3) is 5.91 Å². The number of carbonyl (C=O) groups excluding carboxylic acids is 1. The Hall–Kier alpha value is -2.91. The minimum atomic E-state index is -0.797. The summed E-state index contributed by atoms with van der Waals surface area (Å²) in [5.74, 6) is 0.892. The Bertz CT molecular complexity index is 827. The van der Waals surface area contributed by atoms with Crippen molar-refractivity contribution in [3.8, 4) is 17.6 Å². The summed E-state index contributed by atoms with van der Waals surface area (Å²) in [6.45, 7) is 0. The van der Waals surface area contributed by atoms with Crippen LogP contribution in [-0.4, -0.2) is 18.1 Å². The number of thioether (sulfide) groups is 1. The van der Waals surface area contributed by atoms with Gasteiger partial charge in [0, 0.05) is 17.1 Å². The maximum atomic E-state index is 11.2. The van der Waals surface area contributed by atoms with Crippen LogP contribution in [0.15, 0.2) is 48.0 Å². The second kappa shape index (κ2) is 8.81. The van der Waals surface area contributed by atoms with Crippen LogP contribution in [-0.2, 0) is 16.3 Å². The van der Waals surface area contributed by atoms with Crippen molar-refractivity contribution in [2.75, 3.05) is 7.11 Å². The van der Waals surface area contributed by atoms with E-state index in [9.17, 15) is 9.90 Å². The van der Waals surface area contributed by atoms with Crippen molar-refractivity contribution in [3.63, 3.8) is 0 Å². The third kappa shape index (κ3) is 5.03. The molecule has 0 unspecified atom stereocenters. The summed E-state index contributed by atoms with van der Waals surface area (Å²) in [5, 5.41) is 19.3. The smallest absolute Gasteiger partial charge is 0.259 e. The number of amides is 1. The van der Waals surface area contributed by atoms with Crippen LogP contribution in [0.25, 0.3) is 6.08 Å². The molecule has 3 N–H and O–H groups in total. The number of benzene rings is 2. The van der Waals surface area contributed by atoms with Crippen LogP contribution in [0.1, 0.15) is 16.7 Å². The summed E-state index contributed by atoms with van der Waals surface area (Å²) in [7, 11) is 1.45. The fraction of sp³-hybridized carbons (Fsp3) is 0.158. The highest BCUT2D eigenvalue weighted by atomic mass is 32.2. The van der Waals surface area contributed by atoms with Gasteiger partial charge in [0.15, 0.2) is 11.5 Å². The number of hydrogen-bond donors (Lipinski definition) is 2. The number of primary amides is 1. The Balaban J connectivity index is 2.23. The zero-order chi connectivity index (χ0) is 18.2. The van der Waals surface area contributed by atoms with Gasteiger partial charge in [0.2, 0.25) is 0 Å². The molecule has 25 heavy (non-hydrogen) atoms. The van der Waals surface area contributed by atoms with Crippen LogP contribution < -0.4 is 10.5 Å². The lowest BCUT2D eigenvalue weighted by molar-refractivity contribution is -0.114. The summed E-state index contributed by atoms with van der Waals surface area (Å²) < 4.78 is 5.18. The molecule has 0 fully saturated rings. The molecular formula is C19H18N2O3S. The Morgan fingerprint density at radius 2 is 2.04 bits per heavy atom. The SMILES string of the molecule is COc1cc(/C=C(/C#N)C(N)=O)cc(CSCc2ccccc2)c1O. The molecule has 0 aliphatic rings. The van der Waals surface area contributed by atoms with Gasteiger partial charge >= 0.3 is 0 Å². The number of phenols is 1. The summed E-state index contributed by atoms with van der Waals surface area (Å²) in [6.07, 6.45) is 1.38. The van der Waals surface area contributed by atoms with Crippen LogP contribution in [0.2, 0.25) is 0 Å². The molecular weight excluding hydrogens is 336 g/mol. The first kappa shape index (κ1) is 18.4. The van der Waals surface area contributed by atoms with Crippen LogP contribution in [0, 0.1) is 11.3 Å². The lowest BCUT2D eigenvalue weighted by atomic mass is 10.1. The van der Waals surface area contributed by atoms with E-state index in [1.165, 1.54) is 18.7 Å². The Kier molecular flexibility index (Phi) is 6.49. The fourth-order valence-corrected chi connectivity index (χ4v) is 3.19. The highest BCUT2D eigenvalue weighted by Gasteiger charge is 2.12. The van der Waals surface area contributed by atoms with Gasteiger partial charge in [-0.05, 0) is 29.3 Å². The monoisotopic (exact) mass is 354 g/mol. The van der Waals surface area contributed by atoms with Crippen LogP contribution in [0.4, 0.5) is 0 Å². The second-order valence-corrected chi connectivity index (χ2v) is 6.23. The Morgan fingerprint density at radius 1 is 1.32 bits per heavy atom. The highest BCUT2D eigenvalue weighted by molar-refractivity contribution is 7.97. The summed E-state index contributed by atoms with van der Waals surface area (Å²) in [5.41, 5.74) is 7.43. The topological polar surface area (TPSA) is 96.3 Å². The molecule has 0 aromatic heterocycles. The third-order valence-electron chi connectivity index (χ3n) is 3.46. The van der Waals surface area contributed by atoms with Gasteiger partial charge in [-0.3, -0.25) is 4.79 Å². The van der Waals surface area contributed by atoms with Crippen molar-refractivity contribution < 1.29 is 14.6 Å². The van der Waals surface area contributed by atoms with E-state index in [0.717, 1.165) is 5.75 Å². The maximum Gasteiger partial charge on any atom is 0.259 e. The molecule has 1 amide bonds. The predicted molar refractivity (Wildman–Crippen MR) is 98.9 cm³/mol. The number of aromatic hydroxyl groups is 1. The second-order valence-electron chi connectivity index (χ2n) is 5.24. The molecule has 0 heterocycles. The minimum Gasteiger partial charge on any atom is -0.504 e. The maximum absolute atomic E-state index is 11.2. The van der Waals surface area contributed by atoms with Crippen molar-refractivity contribution in [2.45, 2.75) is 11.5 Å². The van der Waals surface area contributed by atoms with Crippen molar-refractivity contribution >= 4 is 23.7 Å². The van der Waals surface area contributed by atoms with Crippen LogP contribution in [0.5, 0.6) is 11.5 Å². The van der Waals surface area contributed by atoms with E-state index in [4.69, 9.17) is 15.7 Å². The quantitative estimate of drug-likeness (QED) is 0.588. The van der Waals surface area contributed by atoms with Gasteiger partial charge in [0.05, 0.1) is 7.11 Å². The number of phenolic OH excluding ortho intramolecular Hbond substituents is 1. The van der Waals surface area contributed by atoms with E-state index in [1.807, 2.05) is 30.3 Å². The first-order valence-corrected chi connectivity index (χ1v) is 8.63. The number of nitriles is 1. The van der Waals surface area contributed by atoms with Crippen molar-refractivity contribution in [2.24, 2.45) is 5.73 Å². The van der Waals surface area contributed by atoms with E-state index in [0.29, 0.717) is 16.9 Å². The van der Waals surface area contributed by atoms with E-state index in [-0.39, 0.29) is 17.1 Å². The summed E-state index contributed by atoms with van der Waals surface area (Å²) in [4.78, 5) is 11.2. The van der Waals surface area contributed by atoms with Gasteiger partial charge in [-0.25, -0.2) is 0 Å². The van der Waals surface area contributed by atoms with Crippen molar-refractivity contribution in [1.82, 2.24) is 0 Å². The van der Waals surface area contributed by atoms with Gasteiger partial charge in [-0.2, -0.15) is 17.0 Å². The first-order chi connectivity index (χ1) is 12.0. The zero-order valence-electron chi connectivity index (χ0n) is 13.7. The lowest BCUT2D eigenvalue weighted by Crippen LogP contribution is -2.12. The molecule has 0 bridgehead atoms. The standard InChI is InChI=1S/C19H18N2O3S/c1-24-17-9-14(7-15(10-20)19(21)23)8-16(18(17)22)12-25-11-13-5-3-2-4-6-13/h2-9,22H,11-12H2,1H3,(H2,21,23)/b15-7-. The van der Waals surface area contributed by atoms with Crippen LogP contribution >= 0.6 is 11.8 Å². The molecule has 5 nitrogen and oxygen atoms in total. The molecule has 0 radical (unpaired) electrons. The van der Waals surface area contributed by atoms with Crippen LogP contribution in [0.3, 0.4) is 0 Å². The molecule has 6 heteroatoms. The molecule has 0 aliphatic carbocycles. The fourth-order valence-electron chi connectivity index (χ4n) is 2.22. The number of methoxy groups -OCH3 is 1. The van der Waals surface area contributed by atoms with Crippen molar-refractivity contribution in [3.05, 3.63) is 64.7 Å². The third-order valence-corrected chi connectivity index (χ3v) is 4.51. The van der Waals surface area contributed by atoms with Gasteiger partial charge in [-0.15, -0.1) is 0 Å². The van der Waals surface area contributed by atoms with Gasteiger partial charge < -0.3 is 15.6 Å². The number of hydrogen-bond acceptors (Lipinski definition) is 5. The minimum absolute atomic E-state index is 0.0535. The lowest BCUT2D eigenvalue weighted by Gasteiger charge is -2.11. The van der Waals surface area contributed by atoms with Gasteiger partial charge in [-0.1, -0.05) is 30.3 Å².